The summed E-state index contributed by atoms with van der Waals surface area (Å²) in [5.41, 5.74) is 5.36. The molecule has 2 N–H and O–H groups in total. The van der Waals surface area contributed by atoms with E-state index >= 15 is 0 Å². The first-order valence-corrected chi connectivity index (χ1v) is 3.41. The van der Waals surface area contributed by atoms with E-state index in [9.17, 15) is 13.2 Å². The Morgan fingerprint density at radius 1 is 1.17 bits per heavy atom. The van der Waals surface area contributed by atoms with E-state index in [1.165, 1.54) is 0 Å². The highest BCUT2D eigenvalue weighted by Crippen LogP contribution is 2.14. The average molecular weight is 175 g/mol. The summed E-state index contributed by atoms with van der Waals surface area (Å²) < 4.78 is 37.0. The molecule has 0 bridgehead atoms. The zero-order valence-electron chi connectivity index (χ0n) is 6.23. The van der Waals surface area contributed by atoms with Crippen molar-refractivity contribution in [2.45, 2.75) is 6.04 Å². The number of halogens is 3. The highest BCUT2D eigenvalue weighted by Gasteiger charge is 2.07. The van der Waals surface area contributed by atoms with Crippen molar-refractivity contribution in [1.29, 1.82) is 0 Å². The van der Waals surface area contributed by atoms with Crippen molar-refractivity contribution < 1.29 is 13.2 Å². The SMILES string of the molecule is N[C@@H](CF)c1cc(F)cc(F)c1. The monoisotopic (exact) mass is 175 g/mol. The quantitative estimate of drug-likeness (QED) is 0.730. The van der Waals surface area contributed by atoms with Gasteiger partial charge < -0.3 is 5.73 Å². The van der Waals surface area contributed by atoms with E-state index in [-0.39, 0.29) is 5.56 Å². The Balaban J connectivity index is 3.00. The molecule has 66 valence electrons. The Kier molecular flexibility index (Phi) is 2.70. The third kappa shape index (κ3) is 1.98. The van der Waals surface area contributed by atoms with Crippen LogP contribution >= 0.6 is 0 Å². The first kappa shape index (κ1) is 9.06. The molecule has 0 aliphatic carbocycles. The van der Waals surface area contributed by atoms with E-state index in [0.717, 1.165) is 12.1 Å². The number of hydrogen-bond acceptors (Lipinski definition) is 1. The molecule has 0 aliphatic heterocycles. The van der Waals surface area contributed by atoms with E-state index in [1.54, 1.807) is 0 Å². The molecule has 0 unspecified atom stereocenters. The van der Waals surface area contributed by atoms with Gasteiger partial charge in [0.05, 0.1) is 6.04 Å². The molecule has 1 aromatic carbocycles. The summed E-state index contributed by atoms with van der Waals surface area (Å²) in [5, 5.41) is 0. The van der Waals surface area contributed by atoms with Crippen LogP contribution < -0.4 is 5.73 Å². The Labute approximate surface area is 68.0 Å². The second-order valence-corrected chi connectivity index (χ2v) is 2.46. The summed E-state index contributed by atoms with van der Waals surface area (Å²) in [5.74, 6) is -1.48. The summed E-state index contributed by atoms with van der Waals surface area (Å²) >= 11 is 0. The minimum atomic E-state index is -0.949. The van der Waals surface area contributed by atoms with Gasteiger partial charge >= 0.3 is 0 Å². The average Bonchev–Trinajstić information content (AvgIpc) is 2.01. The molecule has 0 radical (unpaired) electrons. The van der Waals surface area contributed by atoms with Crippen LogP contribution in [0.5, 0.6) is 0 Å². The van der Waals surface area contributed by atoms with Crippen molar-refractivity contribution in [2.75, 3.05) is 6.67 Å². The topological polar surface area (TPSA) is 26.0 Å². The van der Waals surface area contributed by atoms with Gasteiger partial charge in [-0.25, -0.2) is 13.2 Å². The number of alkyl halides is 1. The van der Waals surface area contributed by atoms with Gasteiger partial charge in [0.2, 0.25) is 0 Å². The fourth-order valence-electron chi connectivity index (χ4n) is 0.878. The van der Waals surface area contributed by atoms with Crippen LogP contribution in [-0.4, -0.2) is 6.67 Å². The van der Waals surface area contributed by atoms with E-state index in [0.29, 0.717) is 6.07 Å². The van der Waals surface area contributed by atoms with E-state index in [1.807, 2.05) is 0 Å². The first-order valence-electron chi connectivity index (χ1n) is 3.41. The van der Waals surface area contributed by atoms with Gasteiger partial charge in [0.25, 0.3) is 0 Å². The van der Waals surface area contributed by atoms with Crippen LogP contribution in [0.4, 0.5) is 13.2 Å². The maximum Gasteiger partial charge on any atom is 0.126 e. The zero-order valence-corrected chi connectivity index (χ0v) is 6.23. The van der Waals surface area contributed by atoms with E-state index < -0.39 is 24.4 Å². The minimum absolute atomic E-state index is 0.134. The molecule has 0 aromatic heterocycles. The lowest BCUT2D eigenvalue weighted by Crippen LogP contribution is -2.12. The standard InChI is InChI=1S/C8H8F3N/c9-4-8(12)5-1-6(10)3-7(11)2-5/h1-3,8H,4,12H2/t8-/m0/s1. The van der Waals surface area contributed by atoms with E-state index in [4.69, 9.17) is 5.73 Å². The molecule has 12 heavy (non-hydrogen) atoms. The fourth-order valence-corrected chi connectivity index (χ4v) is 0.878. The van der Waals surface area contributed by atoms with E-state index in [2.05, 4.69) is 0 Å². The van der Waals surface area contributed by atoms with Crippen molar-refractivity contribution in [3.8, 4) is 0 Å². The van der Waals surface area contributed by atoms with Gasteiger partial charge in [0, 0.05) is 6.07 Å². The van der Waals surface area contributed by atoms with Crippen molar-refractivity contribution in [1.82, 2.24) is 0 Å². The van der Waals surface area contributed by atoms with Crippen LogP contribution in [0.15, 0.2) is 18.2 Å². The summed E-state index contributed by atoms with van der Waals surface area (Å²) in [7, 11) is 0. The molecule has 1 aromatic rings. The predicted molar refractivity (Wildman–Crippen MR) is 39.3 cm³/mol. The summed E-state index contributed by atoms with van der Waals surface area (Å²) in [6, 6.07) is 1.81. The number of hydrogen-bond donors (Lipinski definition) is 1. The van der Waals surface area contributed by atoms with Gasteiger partial charge in [-0.1, -0.05) is 0 Å². The highest BCUT2D eigenvalue weighted by molar-refractivity contribution is 5.21. The zero-order chi connectivity index (χ0) is 9.14. The van der Waals surface area contributed by atoms with Gasteiger partial charge in [-0.05, 0) is 17.7 Å². The molecule has 0 saturated carbocycles. The maximum absolute atomic E-state index is 12.5. The third-order valence-electron chi connectivity index (χ3n) is 1.48. The summed E-state index contributed by atoms with van der Waals surface area (Å²) in [6.45, 7) is -0.830. The third-order valence-corrected chi connectivity index (χ3v) is 1.48. The van der Waals surface area contributed by atoms with Crippen LogP contribution in [-0.2, 0) is 0 Å². The Bertz CT molecular complexity index is 255. The maximum atomic E-state index is 12.5. The predicted octanol–water partition coefficient (Wildman–Crippen LogP) is 1.93. The van der Waals surface area contributed by atoms with Gasteiger partial charge in [-0.2, -0.15) is 0 Å². The molecule has 0 aliphatic rings. The summed E-state index contributed by atoms with van der Waals surface area (Å²) in [4.78, 5) is 0. The first-order chi connectivity index (χ1) is 5.63. The van der Waals surface area contributed by atoms with Gasteiger partial charge in [0.1, 0.15) is 18.3 Å². The lowest BCUT2D eigenvalue weighted by atomic mass is 10.1. The molecule has 0 saturated heterocycles. The molecule has 1 rings (SSSR count). The minimum Gasteiger partial charge on any atom is -0.322 e. The second-order valence-electron chi connectivity index (χ2n) is 2.46. The van der Waals surface area contributed by atoms with Gasteiger partial charge in [0.15, 0.2) is 0 Å². The molecule has 0 spiro atoms. The largest absolute Gasteiger partial charge is 0.322 e. The van der Waals surface area contributed by atoms with Crippen molar-refractivity contribution >= 4 is 0 Å². The molecule has 1 atom stereocenters. The lowest BCUT2D eigenvalue weighted by molar-refractivity contribution is 0.434. The van der Waals surface area contributed by atoms with Crippen LogP contribution in [0, 0.1) is 11.6 Å². The van der Waals surface area contributed by atoms with Crippen LogP contribution in [0.3, 0.4) is 0 Å². The second kappa shape index (κ2) is 3.58. The van der Waals surface area contributed by atoms with Gasteiger partial charge in [-0.3, -0.25) is 0 Å². The Morgan fingerprint density at radius 2 is 1.67 bits per heavy atom. The van der Waals surface area contributed by atoms with Crippen LogP contribution in [0.2, 0.25) is 0 Å². The summed E-state index contributed by atoms with van der Waals surface area (Å²) in [6.07, 6.45) is 0. The van der Waals surface area contributed by atoms with Crippen molar-refractivity contribution in [3.05, 3.63) is 35.4 Å². The molecule has 0 heterocycles. The van der Waals surface area contributed by atoms with Crippen molar-refractivity contribution in [2.24, 2.45) is 5.73 Å². The smallest absolute Gasteiger partial charge is 0.126 e. The lowest BCUT2D eigenvalue weighted by Gasteiger charge is -2.06. The highest BCUT2D eigenvalue weighted by atomic mass is 19.1. The van der Waals surface area contributed by atoms with Crippen LogP contribution in [0.25, 0.3) is 0 Å². The molecule has 0 fully saturated rings. The Morgan fingerprint density at radius 3 is 2.08 bits per heavy atom. The normalized spacial score (nSPS) is 13.0. The number of rotatable bonds is 2. The molecule has 4 heteroatoms. The number of benzene rings is 1. The molecule has 0 amide bonds. The number of nitrogens with two attached hydrogens (primary N) is 1. The van der Waals surface area contributed by atoms with Crippen molar-refractivity contribution in [3.63, 3.8) is 0 Å². The molecular weight excluding hydrogens is 167 g/mol. The molecular formula is C8H8F3N. The van der Waals surface area contributed by atoms with Crippen LogP contribution in [0.1, 0.15) is 11.6 Å². The van der Waals surface area contributed by atoms with Gasteiger partial charge in [-0.15, -0.1) is 0 Å². The Hall–Kier alpha value is -1.03. The molecule has 1 nitrogen and oxygen atoms in total. The fraction of sp³-hybridized carbons (Fsp3) is 0.250.